The van der Waals surface area contributed by atoms with Gasteiger partial charge in [-0.3, -0.25) is 4.79 Å². The van der Waals surface area contributed by atoms with Crippen molar-refractivity contribution in [3.63, 3.8) is 0 Å². The summed E-state index contributed by atoms with van der Waals surface area (Å²) in [6.07, 6.45) is 35.1. The first-order valence-electron chi connectivity index (χ1n) is 25.7. The minimum absolute atomic E-state index is 0.248. The highest BCUT2D eigenvalue weighted by Crippen LogP contribution is 2.23. The molecular formula is C51H97NO10. The van der Waals surface area contributed by atoms with Crippen molar-refractivity contribution in [2.24, 2.45) is 0 Å². The van der Waals surface area contributed by atoms with Gasteiger partial charge in [-0.15, -0.1) is 0 Å². The molecule has 0 bridgehead atoms. The van der Waals surface area contributed by atoms with Crippen LogP contribution in [0.3, 0.4) is 0 Å². The number of aliphatic hydroxyl groups is 7. The number of carbonyl (C=O) groups excluding carboxylic acids is 1. The van der Waals surface area contributed by atoms with E-state index in [1.54, 1.807) is 0 Å². The fraction of sp³-hybridized carbons (Fsp3) is 0.902. The van der Waals surface area contributed by atoms with Crippen LogP contribution in [0.4, 0.5) is 0 Å². The molecule has 62 heavy (non-hydrogen) atoms. The van der Waals surface area contributed by atoms with Gasteiger partial charge < -0.3 is 50.5 Å². The van der Waals surface area contributed by atoms with Crippen LogP contribution in [-0.2, 0) is 14.3 Å². The highest BCUT2D eigenvalue weighted by molar-refractivity contribution is 5.80. The molecule has 0 radical (unpaired) electrons. The Hall–Kier alpha value is -1.41. The Bertz CT molecular complexity index is 1060. The Morgan fingerprint density at radius 3 is 1.39 bits per heavy atom. The molecule has 0 aromatic heterocycles. The highest BCUT2D eigenvalue weighted by Gasteiger charge is 2.44. The van der Waals surface area contributed by atoms with E-state index in [-0.39, 0.29) is 12.8 Å². The van der Waals surface area contributed by atoms with Crippen LogP contribution >= 0.6 is 0 Å². The molecule has 0 spiro atoms. The average molecular weight is 884 g/mol. The lowest BCUT2D eigenvalue weighted by molar-refractivity contribution is -0.303. The molecule has 1 heterocycles. The van der Waals surface area contributed by atoms with Crippen LogP contribution in [0.25, 0.3) is 0 Å². The summed E-state index contributed by atoms with van der Waals surface area (Å²) in [5.41, 5.74) is 0. The first kappa shape index (κ1) is 58.6. The van der Waals surface area contributed by atoms with E-state index in [1.165, 1.54) is 128 Å². The van der Waals surface area contributed by atoms with E-state index in [9.17, 15) is 40.5 Å². The number of allylic oxidation sites excluding steroid dienone is 4. The molecule has 8 N–H and O–H groups in total. The van der Waals surface area contributed by atoms with Gasteiger partial charge in [-0.1, -0.05) is 186 Å². The van der Waals surface area contributed by atoms with Gasteiger partial charge in [-0.2, -0.15) is 0 Å². The third kappa shape index (κ3) is 29.9. The topological polar surface area (TPSA) is 189 Å². The van der Waals surface area contributed by atoms with Gasteiger partial charge in [0, 0.05) is 0 Å². The molecule has 0 aromatic rings. The Morgan fingerprint density at radius 2 is 0.952 bits per heavy atom. The maximum atomic E-state index is 13.1. The third-order valence-corrected chi connectivity index (χ3v) is 12.5. The van der Waals surface area contributed by atoms with Crippen molar-refractivity contribution in [1.29, 1.82) is 0 Å². The fourth-order valence-corrected chi connectivity index (χ4v) is 8.20. The monoisotopic (exact) mass is 884 g/mol. The van der Waals surface area contributed by atoms with E-state index >= 15 is 0 Å². The van der Waals surface area contributed by atoms with E-state index in [0.717, 1.165) is 57.8 Å². The second-order valence-electron chi connectivity index (χ2n) is 18.2. The molecule has 11 nitrogen and oxygen atoms in total. The van der Waals surface area contributed by atoms with Crippen LogP contribution in [0.5, 0.6) is 0 Å². The predicted molar refractivity (Wildman–Crippen MR) is 252 cm³/mol. The number of amides is 1. The SMILES string of the molecule is CCCCCCCCCC/C=C\CCCCCCCCC(O)C(=O)NC(COC1OC(CO)C(O)C(O)C1O)C(O)C(O)CCC/C=C/CCCCCCCCCCCCCC. The molecule has 0 saturated carbocycles. The van der Waals surface area contributed by atoms with Crippen molar-refractivity contribution >= 4 is 5.91 Å². The maximum absolute atomic E-state index is 13.1. The molecule has 9 atom stereocenters. The standard InChI is InChI=1S/C51H97NO10/c1-3-5-7-9-11-13-15-17-19-21-23-25-27-29-31-33-35-37-39-44(55)50(60)52-42(41-61-51-49(59)48(58)47(57)45(40-53)62-51)46(56)43(54)38-36-34-32-30-28-26-24-22-20-18-16-14-12-10-8-6-4-2/h21,23,30,32,42-49,51,53-59H,3-20,22,24-29,31,33-41H2,1-2H3,(H,52,60)/b23-21-,32-30+. The molecule has 11 heteroatoms. The van der Waals surface area contributed by atoms with Crippen LogP contribution in [0, 0.1) is 0 Å². The number of hydrogen-bond acceptors (Lipinski definition) is 10. The van der Waals surface area contributed by atoms with Crippen molar-refractivity contribution in [1.82, 2.24) is 5.32 Å². The van der Waals surface area contributed by atoms with Gasteiger partial charge in [-0.05, 0) is 64.2 Å². The van der Waals surface area contributed by atoms with E-state index in [1.807, 2.05) is 0 Å². The quantitative estimate of drug-likeness (QED) is 0.0216. The number of carbonyl (C=O) groups is 1. The lowest BCUT2D eigenvalue weighted by Crippen LogP contribution is -2.60. The van der Waals surface area contributed by atoms with E-state index in [0.29, 0.717) is 12.8 Å². The fourth-order valence-electron chi connectivity index (χ4n) is 8.20. The summed E-state index contributed by atoms with van der Waals surface area (Å²) in [6.45, 7) is 3.44. The normalized spacial score (nSPS) is 21.5. The lowest BCUT2D eigenvalue weighted by Gasteiger charge is -2.40. The third-order valence-electron chi connectivity index (χ3n) is 12.5. The number of unbranched alkanes of at least 4 members (excludes halogenated alkanes) is 27. The van der Waals surface area contributed by atoms with Crippen LogP contribution in [0.15, 0.2) is 24.3 Å². The first-order valence-corrected chi connectivity index (χ1v) is 25.7. The molecule has 0 aliphatic carbocycles. The van der Waals surface area contributed by atoms with Crippen molar-refractivity contribution in [3.8, 4) is 0 Å². The minimum Gasteiger partial charge on any atom is -0.394 e. The Kier molecular flexibility index (Phi) is 38.8. The molecule has 1 amide bonds. The van der Waals surface area contributed by atoms with Gasteiger partial charge in [-0.25, -0.2) is 0 Å². The molecule has 0 aromatic carbocycles. The van der Waals surface area contributed by atoms with Crippen LogP contribution in [0.1, 0.15) is 226 Å². The lowest BCUT2D eigenvalue weighted by atomic mass is 9.98. The Morgan fingerprint density at radius 1 is 0.548 bits per heavy atom. The molecule has 9 unspecified atom stereocenters. The van der Waals surface area contributed by atoms with Crippen molar-refractivity contribution < 1.29 is 50.0 Å². The Balaban J connectivity index is 2.42. The summed E-state index contributed by atoms with van der Waals surface area (Å²) in [5, 5.41) is 75.8. The molecule has 366 valence electrons. The largest absolute Gasteiger partial charge is 0.394 e. The van der Waals surface area contributed by atoms with Gasteiger partial charge in [0.05, 0.1) is 25.4 Å². The molecule has 1 rings (SSSR count). The van der Waals surface area contributed by atoms with Gasteiger partial charge >= 0.3 is 0 Å². The summed E-state index contributed by atoms with van der Waals surface area (Å²) in [4.78, 5) is 13.1. The molecule has 1 aliphatic rings. The van der Waals surface area contributed by atoms with Crippen molar-refractivity contribution in [2.75, 3.05) is 13.2 Å². The van der Waals surface area contributed by atoms with Gasteiger partial charge in [0.1, 0.15) is 36.6 Å². The zero-order valence-electron chi connectivity index (χ0n) is 39.6. The number of rotatable bonds is 43. The second kappa shape index (κ2) is 41.1. The highest BCUT2D eigenvalue weighted by atomic mass is 16.7. The number of ether oxygens (including phenoxy) is 2. The van der Waals surface area contributed by atoms with Crippen LogP contribution in [-0.4, -0.2) is 110 Å². The van der Waals surface area contributed by atoms with E-state index in [2.05, 4.69) is 43.5 Å². The second-order valence-corrected chi connectivity index (χ2v) is 18.2. The van der Waals surface area contributed by atoms with Gasteiger partial charge in [0.2, 0.25) is 5.91 Å². The first-order chi connectivity index (χ1) is 30.2. The van der Waals surface area contributed by atoms with Crippen molar-refractivity contribution in [3.05, 3.63) is 24.3 Å². The summed E-state index contributed by atoms with van der Waals surface area (Å²) in [6, 6.07) is -1.18. The van der Waals surface area contributed by atoms with Crippen LogP contribution < -0.4 is 5.32 Å². The number of hydrogen-bond donors (Lipinski definition) is 8. The zero-order chi connectivity index (χ0) is 45.5. The molecule has 1 aliphatic heterocycles. The van der Waals surface area contributed by atoms with Gasteiger partial charge in [0.15, 0.2) is 6.29 Å². The zero-order valence-corrected chi connectivity index (χ0v) is 39.6. The summed E-state index contributed by atoms with van der Waals surface area (Å²) < 4.78 is 11.1. The number of nitrogens with one attached hydrogen (secondary N) is 1. The molecule has 1 saturated heterocycles. The summed E-state index contributed by atoms with van der Waals surface area (Å²) in [5.74, 6) is -0.710. The maximum Gasteiger partial charge on any atom is 0.249 e. The molecular weight excluding hydrogens is 787 g/mol. The van der Waals surface area contributed by atoms with E-state index in [4.69, 9.17) is 9.47 Å². The Labute approximate surface area is 378 Å². The predicted octanol–water partition coefficient (Wildman–Crippen LogP) is 9.40. The van der Waals surface area contributed by atoms with Crippen molar-refractivity contribution in [2.45, 2.75) is 281 Å². The minimum atomic E-state index is -1.67. The van der Waals surface area contributed by atoms with Gasteiger partial charge in [0.25, 0.3) is 0 Å². The average Bonchev–Trinajstić information content (AvgIpc) is 3.27. The smallest absolute Gasteiger partial charge is 0.249 e. The summed E-state index contributed by atoms with van der Waals surface area (Å²) >= 11 is 0. The van der Waals surface area contributed by atoms with E-state index < -0.39 is 74.2 Å². The van der Waals surface area contributed by atoms with Crippen LogP contribution in [0.2, 0.25) is 0 Å². The molecule has 1 fully saturated rings. The number of aliphatic hydroxyl groups excluding tert-OH is 7. The summed E-state index contributed by atoms with van der Waals surface area (Å²) in [7, 11) is 0.